The van der Waals surface area contributed by atoms with Gasteiger partial charge in [-0.2, -0.15) is 0 Å². The number of nitrogens with one attached hydrogen (secondary N) is 1. The number of nitrogens with two attached hydrogens (primary N) is 1. The van der Waals surface area contributed by atoms with E-state index in [1.165, 1.54) is 5.56 Å². The lowest BCUT2D eigenvalue weighted by atomic mass is 10.1. The van der Waals surface area contributed by atoms with E-state index in [2.05, 4.69) is 30.2 Å². The zero-order chi connectivity index (χ0) is 13.4. The third-order valence-electron chi connectivity index (χ3n) is 2.48. The van der Waals surface area contributed by atoms with Gasteiger partial charge in [0.25, 0.3) is 0 Å². The predicted octanol–water partition coefficient (Wildman–Crippen LogP) is 2.26. The Morgan fingerprint density at radius 1 is 1.39 bits per heavy atom. The number of guanidine groups is 1. The molecule has 0 saturated heterocycles. The first-order valence-corrected chi connectivity index (χ1v) is 6.27. The van der Waals surface area contributed by atoms with Gasteiger partial charge in [0, 0.05) is 19.3 Å². The van der Waals surface area contributed by atoms with Gasteiger partial charge in [-0.3, -0.25) is 4.99 Å². The first kappa shape index (κ1) is 14.5. The van der Waals surface area contributed by atoms with Gasteiger partial charge in [0.05, 0.1) is 6.61 Å². The van der Waals surface area contributed by atoms with Crippen molar-refractivity contribution in [2.75, 3.05) is 25.6 Å². The lowest BCUT2D eigenvalue weighted by molar-refractivity contribution is 0.202. The molecule has 0 aromatic heterocycles. The summed E-state index contributed by atoms with van der Waals surface area (Å²) in [6.45, 7) is 5.66. The molecule has 0 aliphatic carbocycles. The Morgan fingerprint density at radius 3 is 2.78 bits per heavy atom. The molecule has 0 unspecified atom stereocenters. The van der Waals surface area contributed by atoms with Crippen molar-refractivity contribution in [3.63, 3.8) is 0 Å². The molecule has 0 heterocycles. The summed E-state index contributed by atoms with van der Waals surface area (Å²) in [5, 5.41) is 3.15. The van der Waals surface area contributed by atoms with E-state index >= 15 is 0 Å². The maximum absolute atomic E-state index is 5.86. The van der Waals surface area contributed by atoms with Crippen molar-refractivity contribution in [2.24, 2.45) is 16.6 Å². The van der Waals surface area contributed by atoms with Crippen LogP contribution in [0.1, 0.15) is 19.4 Å². The van der Waals surface area contributed by atoms with Crippen molar-refractivity contribution in [3.05, 3.63) is 29.8 Å². The van der Waals surface area contributed by atoms with Gasteiger partial charge < -0.3 is 15.8 Å². The van der Waals surface area contributed by atoms with Crippen LogP contribution in [0.3, 0.4) is 0 Å². The summed E-state index contributed by atoms with van der Waals surface area (Å²) in [4.78, 5) is 4.29. The van der Waals surface area contributed by atoms with E-state index in [1.807, 2.05) is 18.2 Å². The minimum atomic E-state index is 0.466. The minimum Gasteiger partial charge on any atom is -0.384 e. The second-order valence-electron chi connectivity index (χ2n) is 4.64. The zero-order valence-corrected chi connectivity index (χ0v) is 11.4. The van der Waals surface area contributed by atoms with Crippen molar-refractivity contribution >= 4 is 11.6 Å². The second-order valence-corrected chi connectivity index (χ2v) is 4.64. The molecule has 0 spiro atoms. The molecular weight excluding hydrogens is 226 g/mol. The highest BCUT2D eigenvalue weighted by Crippen LogP contribution is 2.15. The van der Waals surface area contributed by atoms with Crippen molar-refractivity contribution in [3.8, 4) is 0 Å². The van der Waals surface area contributed by atoms with E-state index in [-0.39, 0.29) is 0 Å². The molecule has 0 fully saturated rings. The number of anilines is 1. The average Bonchev–Trinajstić information content (AvgIpc) is 2.35. The van der Waals surface area contributed by atoms with Crippen LogP contribution in [0.4, 0.5) is 5.69 Å². The highest BCUT2D eigenvalue weighted by molar-refractivity contribution is 5.92. The fraction of sp³-hybridized carbons (Fsp3) is 0.500. The Hall–Kier alpha value is -1.55. The number of rotatable bonds is 6. The van der Waals surface area contributed by atoms with Crippen LogP contribution in [0.25, 0.3) is 0 Å². The molecule has 1 rings (SSSR count). The number of ether oxygens (including phenoxy) is 1. The van der Waals surface area contributed by atoms with Gasteiger partial charge in [0.2, 0.25) is 0 Å². The van der Waals surface area contributed by atoms with Gasteiger partial charge >= 0.3 is 0 Å². The predicted molar refractivity (Wildman–Crippen MR) is 77.0 cm³/mol. The molecule has 0 saturated carbocycles. The van der Waals surface area contributed by atoms with Crippen molar-refractivity contribution < 1.29 is 4.74 Å². The fourth-order valence-corrected chi connectivity index (χ4v) is 1.53. The lowest BCUT2D eigenvalue weighted by Crippen LogP contribution is -2.24. The number of para-hydroxylation sites is 1. The standard InChI is InChI=1S/C14H23N3O/c1-11(2)10-16-14(15)17-13-7-5-4-6-12(13)8-9-18-3/h4-7,11H,8-10H2,1-3H3,(H3,15,16,17). The molecule has 4 heteroatoms. The van der Waals surface area contributed by atoms with Crippen LogP contribution in [0.15, 0.2) is 29.3 Å². The summed E-state index contributed by atoms with van der Waals surface area (Å²) in [5.41, 5.74) is 8.04. The summed E-state index contributed by atoms with van der Waals surface area (Å²) in [7, 11) is 1.70. The smallest absolute Gasteiger partial charge is 0.193 e. The Labute approximate surface area is 109 Å². The molecule has 0 amide bonds. The third kappa shape index (κ3) is 5.19. The SMILES string of the molecule is COCCc1ccccc1NC(N)=NCC(C)C. The number of benzene rings is 1. The number of aliphatic imine (C=N–C) groups is 1. The summed E-state index contributed by atoms with van der Waals surface area (Å²) in [6, 6.07) is 8.06. The van der Waals surface area contributed by atoms with Crippen LogP contribution in [0.5, 0.6) is 0 Å². The average molecular weight is 249 g/mol. The number of methoxy groups -OCH3 is 1. The zero-order valence-electron chi connectivity index (χ0n) is 11.4. The topological polar surface area (TPSA) is 59.6 Å². The molecule has 0 bridgehead atoms. The molecule has 0 aliphatic heterocycles. The molecule has 0 atom stereocenters. The number of nitrogens with zero attached hydrogens (tertiary/aromatic N) is 1. The largest absolute Gasteiger partial charge is 0.384 e. The van der Waals surface area contributed by atoms with Gasteiger partial charge in [0.15, 0.2) is 5.96 Å². The molecule has 3 N–H and O–H groups in total. The number of hydrogen-bond donors (Lipinski definition) is 2. The normalized spacial score (nSPS) is 11.9. The number of hydrogen-bond acceptors (Lipinski definition) is 2. The Kier molecular flexibility index (Phi) is 6.22. The molecule has 18 heavy (non-hydrogen) atoms. The van der Waals surface area contributed by atoms with Crippen LogP contribution in [0.2, 0.25) is 0 Å². The van der Waals surface area contributed by atoms with E-state index in [9.17, 15) is 0 Å². The monoisotopic (exact) mass is 249 g/mol. The van der Waals surface area contributed by atoms with Crippen LogP contribution in [-0.4, -0.2) is 26.2 Å². The molecule has 0 radical (unpaired) electrons. The van der Waals surface area contributed by atoms with E-state index in [1.54, 1.807) is 7.11 Å². The second kappa shape index (κ2) is 7.71. The van der Waals surface area contributed by atoms with Gasteiger partial charge in [0.1, 0.15) is 0 Å². The maximum atomic E-state index is 5.86. The first-order chi connectivity index (χ1) is 8.63. The van der Waals surface area contributed by atoms with Crippen molar-refractivity contribution in [1.29, 1.82) is 0 Å². The van der Waals surface area contributed by atoms with Gasteiger partial charge in [-0.1, -0.05) is 32.0 Å². The maximum Gasteiger partial charge on any atom is 0.193 e. The lowest BCUT2D eigenvalue weighted by Gasteiger charge is -2.11. The van der Waals surface area contributed by atoms with Gasteiger partial charge in [-0.05, 0) is 24.0 Å². The van der Waals surface area contributed by atoms with Crippen LogP contribution in [0, 0.1) is 5.92 Å². The van der Waals surface area contributed by atoms with E-state index in [4.69, 9.17) is 10.5 Å². The quantitative estimate of drug-likeness (QED) is 0.600. The van der Waals surface area contributed by atoms with Crippen LogP contribution < -0.4 is 11.1 Å². The highest BCUT2D eigenvalue weighted by Gasteiger charge is 2.02. The Morgan fingerprint density at radius 2 is 2.11 bits per heavy atom. The third-order valence-corrected chi connectivity index (χ3v) is 2.48. The molecule has 0 aliphatic rings. The van der Waals surface area contributed by atoms with E-state index in [0.717, 1.165) is 18.7 Å². The fourth-order valence-electron chi connectivity index (χ4n) is 1.53. The van der Waals surface area contributed by atoms with Crippen molar-refractivity contribution in [1.82, 2.24) is 0 Å². The summed E-state index contributed by atoms with van der Waals surface area (Å²) in [6.07, 6.45) is 0.858. The molecule has 1 aromatic carbocycles. The highest BCUT2D eigenvalue weighted by atomic mass is 16.5. The minimum absolute atomic E-state index is 0.466. The van der Waals surface area contributed by atoms with E-state index < -0.39 is 0 Å². The van der Waals surface area contributed by atoms with Gasteiger partial charge in [-0.15, -0.1) is 0 Å². The van der Waals surface area contributed by atoms with Crippen LogP contribution >= 0.6 is 0 Å². The molecular formula is C14H23N3O. The van der Waals surface area contributed by atoms with Crippen LogP contribution in [-0.2, 0) is 11.2 Å². The summed E-state index contributed by atoms with van der Waals surface area (Å²) >= 11 is 0. The molecule has 4 nitrogen and oxygen atoms in total. The summed E-state index contributed by atoms with van der Waals surface area (Å²) < 4.78 is 5.10. The molecule has 100 valence electrons. The van der Waals surface area contributed by atoms with Gasteiger partial charge in [-0.25, -0.2) is 0 Å². The van der Waals surface area contributed by atoms with E-state index in [0.29, 0.717) is 18.5 Å². The van der Waals surface area contributed by atoms with Crippen molar-refractivity contribution in [2.45, 2.75) is 20.3 Å². The first-order valence-electron chi connectivity index (χ1n) is 6.27. The Balaban J connectivity index is 2.68. The summed E-state index contributed by atoms with van der Waals surface area (Å²) in [5.74, 6) is 0.975. The molecule has 1 aromatic rings. The Bertz CT molecular complexity index is 388.